The van der Waals surface area contributed by atoms with Crippen LogP contribution in [0.15, 0.2) is 40.3 Å². The number of benzene rings is 1. The Morgan fingerprint density at radius 1 is 1.30 bits per heavy atom. The van der Waals surface area contributed by atoms with Crippen LogP contribution in [-0.4, -0.2) is 24.1 Å². The zero-order valence-electron chi connectivity index (χ0n) is 12.2. The number of H-pyrrole nitrogens is 1. The second kappa shape index (κ2) is 5.70. The van der Waals surface area contributed by atoms with Crippen molar-refractivity contribution in [1.29, 1.82) is 0 Å². The molecule has 3 heterocycles. The number of nitrogens with one attached hydrogen (secondary N) is 1. The molecule has 116 valence electrons. The van der Waals surface area contributed by atoms with E-state index in [2.05, 4.69) is 54.2 Å². The van der Waals surface area contributed by atoms with Crippen molar-refractivity contribution in [2.75, 3.05) is 0 Å². The summed E-state index contributed by atoms with van der Waals surface area (Å²) >= 11 is 10.3. The van der Waals surface area contributed by atoms with E-state index in [9.17, 15) is 0 Å². The predicted molar refractivity (Wildman–Crippen MR) is 97.4 cm³/mol. The Hall–Kier alpha value is -1.77. The Kier molecular flexibility index (Phi) is 3.67. The Bertz CT molecular complexity index is 1040. The number of halogens is 1. The summed E-state index contributed by atoms with van der Waals surface area (Å²) in [6.45, 7) is 0. The molecule has 0 unspecified atom stereocenters. The fourth-order valence-electron chi connectivity index (χ4n) is 2.42. The third-order valence-electron chi connectivity index (χ3n) is 3.73. The number of imidazole rings is 1. The van der Waals surface area contributed by atoms with E-state index in [-0.39, 0.29) is 0 Å². The molecule has 1 aromatic carbocycles. The summed E-state index contributed by atoms with van der Waals surface area (Å²) in [6.07, 6.45) is 2.78. The predicted octanol–water partition coefficient (Wildman–Crippen LogP) is 4.21. The minimum Gasteiger partial charge on any atom is -0.307 e. The molecule has 0 saturated carbocycles. The van der Waals surface area contributed by atoms with Crippen LogP contribution in [-0.2, 0) is 13.5 Å². The monoisotopic (exact) mass is 405 g/mol. The first-order chi connectivity index (χ1) is 11.1. The molecule has 0 saturated heterocycles. The molecule has 3 aromatic heterocycles. The third-order valence-corrected chi connectivity index (χ3v) is 5.52. The molecule has 4 aromatic rings. The van der Waals surface area contributed by atoms with Gasteiger partial charge in [0.1, 0.15) is 5.82 Å². The van der Waals surface area contributed by atoms with Gasteiger partial charge in [-0.1, -0.05) is 28.1 Å². The molecule has 23 heavy (non-hydrogen) atoms. The van der Waals surface area contributed by atoms with Crippen molar-refractivity contribution >= 4 is 44.4 Å². The first-order valence-corrected chi connectivity index (χ1v) is 9.01. The van der Waals surface area contributed by atoms with Crippen molar-refractivity contribution in [1.82, 2.24) is 24.1 Å². The largest absolute Gasteiger partial charge is 0.307 e. The Labute approximate surface area is 149 Å². The summed E-state index contributed by atoms with van der Waals surface area (Å²) < 4.78 is 5.71. The Morgan fingerprint density at radius 3 is 2.78 bits per heavy atom. The minimum absolute atomic E-state index is 0.632. The van der Waals surface area contributed by atoms with Gasteiger partial charge >= 0.3 is 0 Å². The first-order valence-electron chi connectivity index (χ1n) is 6.93. The Morgan fingerprint density at radius 2 is 2.09 bits per heavy atom. The summed E-state index contributed by atoms with van der Waals surface area (Å²) in [5.74, 6) is 0.911. The first kappa shape index (κ1) is 14.8. The lowest BCUT2D eigenvalue weighted by molar-refractivity contribution is 0.800. The van der Waals surface area contributed by atoms with Crippen LogP contribution < -0.4 is 0 Å². The van der Waals surface area contributed by atoms with E-state index in [1.807, 2.05) is 23.7 Å². The smallest absolute Gasteiger partial charge is 0.194 e. The number of hydrogen-bond donors (Lipinski definition) is 1. The molecular formula is C15H12BrN5S2. The molecule has 0 aliphatic carbocycles. The minimum atomic E-state index is 0.632. The maximum Gasteiger partial charge on any atom is 0.194 e. The van der Waals surface area contributed by atoms with Crippen molar-refractivity contribution in [2.45, 2.75) is 6.42 Å². The van der Waals surface area contributed by atoms with E-state index in [0.29, 0.717) is 11.2 Å². The van der Waals surface area contributed by atoms with Crippen molar-refractivity contribution in [3.63, 3.8) is 0 Å². The van der Waals surface area contributed by atoms with Crippen molar-refractivity contribution in [2.24, 2.45) is 7.05 Å². The van der Waals surface area contributed by atoms with Gasteiger partial charge in [-0.15, -0.1) is 11.3 Å². The molecule has 5 nitrogen and oxygen atoms in total. The maximum absolute atomic E-state index is 5.17. The van der Waals surface area contributed by atoms with Crippen molar-refractivity contribution in [3.05, 3.63) is 56.6 Å². The van der Waals surface area contributed by atoms with Crippen LogP contribution in [0, 0.1) is 4.77 Å². The SMILES string of the molecule is Cn1c(Cc2csc3nc(-c4ccc(Br)cc4)cn23)n[nH]c1=S. The van der Waals surface area contributed by atoms with Crippen LogP contribution in [0.25, 0.3) is 16.2 Å². The number of fused-ring (bicyclic) bond motifs is 1. The van der Waals surface area contributed by atoms with E-state index >= 15 is 0 Å². The summed E-state index contributed by atoms with van der Waals surface area (Å²) in [5.41, 5.74) is 3.23. The zero-order valence-corrected chi connectivity index (χ0v) is 15.4. The number of hydrogen-bond acceptors (Lipinski definition) is 4. The fourth-order valence-corrected chi connectivity index (χ4v) is 3.70. The average Bonchev–Trinajstić information content (AvgIpc) is 3.20. The second-order valence-corrected chi connectivity index (χ2v) is 7.33. The van der Waals surface area contributed by atoms with Gasteiger partial charge in [-0.05, 0) is 24.4 Å². The van der Waals surface area contributed by atoms with Crippen LogP contribution in [0.5, 0.6) is 0 Å². The van der Waals surface area contributed by atoms with E-state index in [1.54, 1.807) is 11.3 Å². The number of nitrogens with zero attached hydrogens (tertiary/aromatic N) is 4. The van der Waals surface area contributed by atoms with Gasteiger partial charge in [0.15, 0.2) is 9.73 Å². The van der Waals surface area contributed by atoms with E-state index < -0.39 is 0 Å². The lowest BCUT2D eigenvalue weighted by Crippen LogP contribution is -2.01. The number of aromatic amines is 1. The van der Waals surface area contributed by atoms with Crippen molar-refractivity contribution in [3.8, 4) is 11.3 Å². The molecule has 0 fully saturated rings. The van der Waals surface area contributed by atoms with Crippen LogP contribution in [0.1, 0.15) is 11.5 Å². The van der Waals surface area contributed by atoms with Gasteiger partial charge in [-0.2, -0.15) is 5.10 Å². The molecular weight excluding hydrogens is 394 g/mol. The van der Waals surface area contributed by atoms with Gasteiger partial charge in [0, 0.05) is 40.8 Å². The maximum atomic E-state index is 5.17. The average molecular weight is 406 g/mol. The normalized spacial score (nSPS) is 11.4. The lowest BCUT2D eigenvalue weighted by Gasteiger charge is -1.99. The highest BCUT2D eigenvalue weighted by molar-refractivity contribution is 9.10. The Balaban J connectivity index is 1.73. The lowest BCUT2D eigenvalue weighted by atomic mass is 10.2. The highest BCUT2D eigenvalue weighted by atomic mass is 79.9. The molecule has 0 spiro atoms. The molecule has 0 radical (unpaired) electrons. The van der Waals surface area contributed by atoms with Gasteiger partial charge in [0.25, 0.3) is 0 Å². The molecule has 4 rings (SSSR count). The number of aromatic nitrogens is 5. The standard InChI is InChI=1S/C15H12BrN5S2/c1-20-13(18-19-14(20)22)6-11-8-23-15-17-12(7-21(11)15)9-2-4-10(16)5-3-9/h2-5,7-8H,6H2,1H3,(H,19,22). The molecule has 8 heteroatoms. The second-order valence-electron chi connectivity index (χ2n) is 5.19. The third kappa shape index (κ3) is 2.66. The van der Waals surface area contributed by atoms with Gasteiger partial charge in [0.05, 0.1) is 5.69 Å². The van der Waals surface area contributed by atoms with Crippen LogP contribution in [0.4, 0.5) is 0 Å². The van der Waals surface area contributed by atoms with Crippen LogP contribution >= 0.6 is 39.5 Å². The summed E-state index contributed by atoms with van der Waals surface area (Å²) in [7, 11) is 1.92. The molecule has 0 bridgehead atoms. The van der Waals surface area contributed by atoms with Gasteiger partial charge in [0.2, 0.25) is 0 Å². The van der Waals surface area contributed by atoms with Crippen molar-refractivity contribution < 1.29 is 0 Å². The fraction of sp³-hybridized carbons (Fsp3) is 0.133. The molecule has 0 atom stereocenters. The van der Waals surface area contributed by atoms with Crippen LogP contribution in [0.2, 0.25) is 0 Å². The van der Waals surface area contributed by atoms with E-state index in [4.69, 9.17) is 17.2 Å². The summed E-state index contributed by atoms with van der Waals surface area (Å²) in [6, 6.07) is 8.18. The van der Waals surface area contributed by atoms with E-state index in [0.717, 1.165) is 32.2 Å². The molecule has 0 aliphatic heterocycles. The zero-order chi connectivity index (χ0) is 16.0. The molecule has 0 aliphatic rings. The van der Waals surface area contributed by atoms with Crippen LogP contribution in [0.3, 0.4) is 0 Å². The molecule has 1 N–H and O–H groups in total. The van der Waals surface area contributed by atoms with Gasteiger partial charge in [-0.25, -0.2) is 4.98 Å². The van der Waals surface area contributed by atoms with Gasteiger partial charge in [-0.3, -0.25) is 9.50 Å². The summed E-state index contributed by atoms with van der Waals surface area (Å²) in [5, 5.41) is 9.22. The van der Waals surface area contributed by atoms with Gasteiger partial charge < -0.3 is 4.57 Å². The number of rotatable bonds is 3. The highest BCUT2D eigenvalue weighted by Gasteiger charge is 2.12. The quantitative estimate of drug-likeness (QED) is 0.519. The summed E-state index contributed by atoms with van der Waals surface area (Å²) in [4.78, 5) is 5.69. The highest BCUT2D eigenvalue weighted by Crippen LogP contribution is 2.25. The number of thiazole rings is 1. The molecule has 0 amide bonds. The van der Waals surface area contributed by atoms with E-state index in [1.165, 1.54) is 0 Å². The topological polar surface area (TPSA) is 50.9 Å².